The first-order valence-electron chi connectivity index (χ1n) is 9.57. The Balaban J connectivity index is 1.29. The van der Waals surface area contributed by atoms with Crippen LogP contribution < -0.4 is 10.1 Å². The number of rotatable bonds is 4. The molecule has 0 atom stereocenters. The third kappa shape index (κ3) is 3.97. The van der Waals surface area contributed by atoms with E-state index in [0.29, 0.717) is 44.6 Å². The molecule has 1 N–H and O–H groups in total. The fourth-order valence-corrected chi connectivity index (χ4v) is 3.78. The summed E-state index contributed by atoms with van der Waals surface area (Å²) < 4.78 is 5.50. The van der Waals surface area contributed by atoms with Gasteiger partial charge in [-0.15, -0.1) is 0 Å². The fourth-order valence-electron chi connectivity index (χ4n) is 3.78. The average molecular weight is 364 g/mol. The van der Waals surface area contributed by atoms with E-state index in [1.165, 1.54) is 0 Å². The highest BCUT2D eigenvalue weighted by atomic mass is 16.5. The predicted molar refractivity (Wildman–Crippen MR) is 103 cm³/mol. The van der Waals surface area contributed by atoms with Crippen LogP contribution in [0.5, 0.6) is 5.75 Å². The van der Waals surface area contributed by atoms with Crippen LogP contribution in [0.3, 0.4) is 0 Å². The third-order valence-electron chi connectivity index (χ3n) is 5.40. The molecule has 1 saturated heterocycles. The summed E-state index contributed by atoms with van der Waals surface area (Å²) in [5.74, 6) is 1.00. The SMILES string of the molecule is O=C(NCc1ccccc1)C1CCN(C(=O)c2ccc3c(c2)CCO3)CC1. The molecular formula is C22H24N2O3. The Kier molecular flexibility index (Phi) is 5.10. The van der Waals surface area contributed by atoms with Crippen molar-refractivity contribution in [2.75, 3.05) is 19.7 Å². The normalized spacial score (nSPS) is 16.5. The standard InChI is InChI=1S/C22H24N2O3/c25-21(23-15-16-4-2-1-3-5-16)17-8-11-24(12-9-17)22(26)19-6-7-20-18(14-19)10-13-27-20/h1-7,14,17H,8-13,15H2,(H,23,25). The summed E-state index contributed by atoms with van der Waals surface area (Å²) in [6, 6.07) is 15.6. The Morgan fingerprint density at radius 3 is 2.63 bits per heavy atom. The summed E-state index contributed by atoms with van der Waals surface area (Å²) in [4.78, 5) is 27.0. The predicted octanol–water partition coefficient (Wildman–Crippen LogP) is 2.79. The lowest BCUT2D eigenvalue weighted by Crippen LogP contribution is -2.42. The summed E-state index contributed by atoms with van der Waals surface area (Å²) >= 11 is 0. The number of carbonyl (C=O) groups is 2. The number of benzene rings is 2. The van der Waals surface area contributed by atoms with Crippen LogP contribution in [0, 0.1) is 5.92 Å². The molecular weight excluding hydrogens is 340 g/mol. The van der Waals surface area contributed by atoms with Gasteiger partial charge in [0, 0.05) is 37.5 Å². The number of fused-ring (bicyclic) bond motifs is 1. The second-order valence-electron chi connectivity index (χ2n) is 7.19. The van der Waals surface area contributed by atoms with Crippen LogP contribution in [0.25, 0.3) is 0 Å². The van der Waals surface area contributed by atoms with Gasteiger partial charge < -0.3 is 15.0 Å². The van der Waals surface area contributed by atoms with Crippen molar-refractivity contribution in [3.05, 3.63) is 65.2 Å². The first-order chi connectivity index (χ1) is 13.2. The molecule has 0 saturated carbocycles. The maximum Gasteiger partial charge on any atom is 0.253 e. The molecule has 2 heterocycles. The summed E-state index contributed by atoms with van der Waals surface area (Å²) in [6.07, 6.45) is 2.28. The van der Waals surface area contributed by atoms with Gasteiger partial charge in [0.15, 0.2) is 0 Å². The number of ether oxygens (including phenoxy) is 1. The minimum absolute atomic E-state index is 0.0221. The van der Waals surface area contributed by atoms with Crippen LogP contribution in [0.2, 0.25) is 0 Å². The van der Waals surface area contributed by atoms with Crippen LogP contribution in [-0.2, 0) is 17.8 Å². The van der Waals surface area contributed by atoms with Gasteiger partial charge in [-0.25, -0.2) is 0 Å². The zero-order chi connectivity index (χ0) is 18.6. The van der Waals surface area contributed by atoms with E-state index in [2.05, 4.69) is 5.32 Å². The van der Waals surface area contributed by atoms with Crippen LogP contribution in [-0.4, -0.2) is 36.4 Å². The summed E-state index contributed by atoms with van der Waals surface area (Å²) in [5, 5.41) is 3.02. The summed E-state index contributed by atoms with van der Waals surface area (Å²) in [7, 11) is 0. The van der Waals surface area contributed by atoms with E-state index in [-0.39, 0.29) is 17.7 Å². The monoisotopic (exact) mass is 364 g/mol. The Hall–Kier alpha value is -2.82. The Morgan fingerprint density at radius 1 is 1.07 bits per heavy atom. The number of hydrogen-bond donors (Lipinski definition) is 1. The minimum atomic E-state index is -0.0221. The number of carbonyl (C=O) groups excluding carboxylic acids is 2. The summed E-state index contributed by atoms with van der Waals surface area (Å²) in [6.45, 7) is 2.48. The van der Waals surface area contributed by atoms with Gasteiger partial charge in [0.2, 0.25) is 5.91 Å². The van der Waals surface area contributed by atoms with Crippen molar-refractivity contribution >= 4 is 11.8 Å². The molecule has 0 unspecified atom stereocenters. The zero-order valence-corrected chi connectivity index (χ0v) is 15.3. The second-order valence-corrected chi connectivity index (χ2v) is 7.19. The molecule has 5 heteroatoms. The van der Waals surface area contributed by atoms with Gasteiger partial charge in [0.05, 0.1) is 6.61 Å². The molecule has 2 aliphatic heterocycles. The highest BCUT2D eigenvalue weighted by Gasteiger charge is 2.28. The topological polar surface area (TPSA) is 58.6 Å². The number of likely N-dealkylation sites (tertiary alicyclic amines) is 1. The first-order valence-corrected chi connectivity index (χ1v) is 9.57. The molecule has 1 fully saturated rings. The molecule has 27 heavy (non-hydrogen) atoms. The molecule has 0 spiro atoms. The van der Waals surface area contributed by atoms with Gasteiger partial charge in [-0.05, 0) is 42.2 Å². The molecule has 2 aromatic carbocycles. The Bertz CT molecular complexity index is 827. The van der Waals surface area contributed by atoms with E-state index >= 15 is 0 Å². The fraction of sp³-hybridized carbons (Fsp3) is 0.364. The molecule has 0 aromatic heterocycles. The maximum atomic E-state index is 12.8. The van der Waals surface area contributed by atoms with E-state index in [9.17, 15) is 9.59 Å². The van der Waals surface area contributed by atoms with Crippen LogP contribution in [0.4, 0.5) is 0 Å². The van der Waals surface area contributed by atoms with E-state index in [1.807, 2.05) is 53.4 Å². The lowest BCUT2D eigenvalue weighted by atomic mass is 9.95. The highest BCUT2D eigenvalue weighted by molar-refractivity contribution is 5.95. The molecule has 2 amide bonds. The van der Waals surface area contributed by atoms with Gasteiger partial charge in [-0.2, -0.15) is 0 Å². The molecule has 5 nitrogen and oxygen atoms in total. The van der Waals surface area contributed by atoms with Gasteiger partial charge in [-0.3, -0.25) is 9.59 Å². The zero-order valence-electron chi connectivity index (χ0n) is 15.3. The van der Waals surface area contributed by atoms with Crippen molar-refractivity contribution in [3.63, 3.8) is 0 Å². The smallest absolute Gasteiger partial charge is 0.253 e. The molecule has 0 radical (unpaired) electrons. The Morgan fingerprint density at radius 2 is 1.85 bits per heavy atom. The van der Waals surface area contributed by atoms with Crippen LogP contribution >= 0.6 is 0 Å². The average Bonchev–Trinajstić information content (AvgIpc) is 3.20. The van der Waals surface area contributed by atoms with Gasteiger partial charge in [0.1, 0.15) is 5.75 Å². The highest BCUT2D eigenvalue weighted by Crippen LogP contribution is 2.27. The minimum Gasteiger partial charge on any atom is -0.493 e. The number of hydrogen-bond acceptors (Lipinski definition) is 3. The maximum absolute atomic E-state index is 12.8. The lowest BCUT2D eigenvalue weighted by Gasteiger charge is -2.31. The Labute approximate surface area is 159 Å². The molecule has 0 bridgehead atoms. The first kappa shape index (κ1) is 17.6. The van der Waals surface area contributed by atoms with E-state index in [1.54, 1.807) is 0 Å². The van der Waals surface area contributed by atoms with Crippen molar-refractivity contribution in [1.29, 1.82) is 0 Å². The van der Waals surface area contributed by atoms with Gasteiger partial charge in [-0.1, -0.05) is 30.3 Å². The van der Waals surface area contributed by atoms with Gasteiger partial charge in [0.25, 0.3) is 5.91 Å². The van der Waals surface area contributed by atoms with Crippen molar-refractivity contribution in [2.45, 2.75) is 25.8 Å². The molecule has 2 aliphatic rings. The number of nitrogens with zero attached hydrogens (tertiary/aromatic N) is 1. The lowest BCUT2D eigenvalue weighted by molar-refractivity contribution is -0.126. The van der Waals surface area contributed by atoms with Crippen molar-refractivity contribution < 1.29 is 14.3 Å². The van der Waals surface area contributed by atoms with Crippen molar-refractivity contribution in [3.8, 4) is 5.75 Å². The number of amides is 2. The van der Waals surface area contributed by atoms with Crippen molar-refractivity contribution in [2.24, 2.45) is 5.92 Å². The molecule has 0 aliphatic carbocycles. The number of piperidine rings is 1. The second kappa shape index (κ2) is 7.82. The molecule has 2 aromatic rings. The largest absolute Gasteiger partial charge is 0.493 e. The van der Waals surface area contributed by atoms with E-state index in [0.717, 1.165) is 23.3 Å². The summed E-state index contributed by atoms with van der Waals surface area (Å²) in [5.41, 5.74) is 2.92. The quantitative estimate of drug-likeness (QED) is 0.908. The van der Waals surface area contributed by atoms with Crippen molar-refractivity contribution in [1.82, 2.24) is 10.2 Å². The van der Waals surface area contributed by atoms with Gasteiger partial charge >= 0.3 is 0 Å². The van der Waals surface area contributed by atoms with E-state index < -0.39 is 0 Å². The third-order valence-corrected chi connectivity index (χ3v) is 5.40. The van der Waals surface area contributed by atoms with Crippen LogP contribution in [0.15, 0.2) is 48.5 Å². The molecule has 4 rings (SSSR count). The number of nitrogens with one attached hydrogen (secondary N) is 1. The van der Waals surface area contributed by atoms with E-state index in [4.69, 9.17) is 4.74 Å². The molecule has 140 valence electrons. The van der Waals surface area contributed by atoms with Crippen LogP contribution in [0.1, 0.15) is 34.3 Å².